The highest BCUT2D eigenvalue weighted by Gasteiger charge is 2.27. The molecule has 0 aliphatic carbocycles. The first-order chi connectivity index (χ1) is 9.06. The number of nitrogens with zero attached hydrogens (tertiary/aromatic N) is 1. The van der Waals surface area contributed by atoms with Crippen LogP contribution in [0, 0.1) is 0 Å². The van der Waals surface area contributed by atoms with Gasteiger partial charge < -0.3 is 15.3 Å². The molecule has 0 saturated carbocycles. The lowest BCUT2D eigenvalue weighted by Crippen LogP contribution is -2.34. The first kappa shape index (κ1) is 14.0. The summed E-state index contributed by atoms with van der Waals surface area (Å²) in [5.74, 6) is -0.170. The molecule has 2 atom stereocenters. The van der Waals surface area contributed by atoms with Crippen LogP contribution in [0.1, 0.15) is 30.7 Å². The number of carbonyl (C=O) groups is 2. The van der Waals surface area contributed by atoms with Crippen LogP contribution in [-0.4, -0.2) is 41.0 Å². The van der Waals surface area contributed by atoms with Crippen LogP contribution in [0.15, 0.2) is 17.5 Å². The highest BCUT2D eigenvalue weighted by molar-refractivity contribution is 7.10. The molecule has 0 spiro atoms. The topological polar surface area (TPSA) is 69.6 Å². The van der Waals surface area contributed by atoms with Crippen molar-refractivity contribution >= 4 is 23.2 Å². The summed E-state index contributed by atoms with van der Waals surface area (Å²) < 4.78 is 0. The molecule has 19 heavy (non-hydrogen) atoms. The molecule has 1 fully saturated rings. The van der Waals surface area contributed by atoms with E-state index in [2.05, 4.69) is 5.32 Å². The molecule has 1 aliphatic rings. The molecule has 104 valence electrons. The molecule has 1 aromatic heterocycles. The number of hydrogen-bond acceptors (Lipinski definition) is 4. The van der Waals surface area contributed by atoms with Gasteiger partial charge in [-0.05, 0) is 17.9 Å². The quantitative estimate of drug-likeness (QED) is 0.862. The SMILES string of the molecule is CC(=O)NC(CC(=O)N1CC[C@@H](O)C1)c1cccs1. The fraction of sp³-hybridized carbons (Fsp3) is 0.538. The van der Waals surface area contributed by atoms with Crippen LogP contribution in [-0.2, 0) is 9.59 Å². The number of hydrogen-bond donors (Lipinski definition) is 2. The summed E-state index contributed by atoms with van der Waals surface area (Å²) in [4.78, 5) is 26.0. The Labute approximate surface area is 116 Å². The lowest BCUT2D eigenvalue weighted by atomic mass is 10.1. The largest absolute Gasteiger partial charge is 0.391 e. The first-order valence-electron chi connectivity index (χ1n) is 6.32. The van der Waals surface area contributed by atoms with Gasteiger partial charge in [0.25, 0.3) is 0 Å². The van der Waals surface area contributed by atoms with Gasteiger partial charge in [0, 0.05) is 24.9 Å². The Bertz CT molecular complexity index is 447. The molecule has 1 aromatic rings. The molecule has 1 saturated heterocycles. The molecule has 2 amide bonds. The normalized spacial score (nSPS) is 20.3. The fourth-order valence-electron chi connectivity index (χ4n) is 2.23. The van der Waals surface area contributed by atoms with Gasteiger partial charge in [0.1, 0.15) is 0 Å². The second-order valence-electron chi connectivity index (χ2n) is 4.75. The Morgan fingerprint density at radius 3 is 2.95 bits per heavy atom. The molecule has 0 radical (unpaired) electrons. The fourth-order valence-corrected chi connectivity index (χ4v) is 3.01. The van der Waals surface area contributed by atoms with Gasteiger partial charge >= 0.3 is 0 Å². The molecular formula is C13H18N2O3S. The third-order valence-corrected chi connectivity index (χ3v) is 4.14. The Morgan fingerprint density at radius 2 is 2.42 bits per heavy atom. The van der Waals surface area contributed by atoms with E-state index in [0.717, 1.165) is 4.88 Å². The maximum absolute atomic E-state index is 12.1. The Balaban J connectivity index is 1.99. The van der Waals surface area contributed by atoms with Crippen LogP contribution < -0.4 is 5.32 Å². The van der Waals surface area contributed by atoms with Crippen LogP contribution in [0.5, 0.6) is 0 Å². The first-order valence-corrected chi connectivity index (χ1v) is 7.20. The van der Waals surface area contributed by atoms with Crippen molar-refractivity contribution in [3.63, 3.8) is 0 Å². The van der Waals surface area contributed by atoms with Crippen LogP contribution in [0.4, 0.5) is 0 Å². The molecule has 2 heterocycles. The maximum Gasteiger partial charge on any atom is 0.225 e. The lowest BCUT2D eigenvalue weighted by molar-refractivity contribution is -0.131. The zero-order chi connectivity index (χ0) is 13.8. The Kier molecular flexibility index (Phi) is 4.55. The molecular weight excluding hydrogens is 264 g/mol. The third kappa shape index (κ3) is 3.78. The minimum atomic E-state index is -0.412. The van der Waals surface area contributed by atoms with E-state index in [1.807, 2.05) is 17.5 Å². The van der Waals surface area contributed by atoms with Crippen molar-refractivity contribution in [3.05, 3.63) is 22.4 Å². The van der Waals surface area contributed by atoms with Crippen LogP contribution >= 0.6 is 11.3 Å². The van der Waals surface area contributed by atoms with E-state index in [0.29, 0.717) is 19.5 Å². The number of aliphatic hydroxyl groups excluding tert-OH is 1. The van der Waals surface area contributed by atoms with E-state index in [-0.39, 0.29) is 24.3 Å². The van der Waals surface area contributed by atoms with E-state index in [1.165, 1.54) is 18.3 Å². The van der Waals surface area contributed by atoms with Crippen LogP contribution in [0.3, 0.4) is 0 Å². The average Bonchev–Trinajstić information content (AvgIpc) is 2.97. The zero-order valence-electron chi connectivity index (χ0n) is 10.8. The molecule has 5 nitrogen and oxygen atoms in total. The van der Waals surface area contributed by atoms with Gasteiger partial charge in [0.15, 0.2) is 0 Å². The third-order valence-electron chi connectivity index (χ3n) is 3.16. The average molecular weight is 282 g/mol. The number of amides is 2. The monoisotopic (exact) mass is 282 g/mol. The summed E-state index contributed by atoms with van der Waals surface area (Å²) in [5, 5.41) is 14.2. The second kappa shape index (κ2) is 6.16. The van der Waals surface area contributed by atoms with Gasteiger partial charge in [-0.25, -0.2) is 0 Å². The summed E-state index contributed by atoms with van der Waals surface area (Å²) in [6.07, 6.45) is 0.465. The Hall–Kier alpha value is -1.40. The standard InChI is InChI=1S/C13H18N2O3S/c1-9(16)14-11(12-3-2-6-19-12)7-13(18)15-5-4-10(17)8-15/h2-3,6,10-11,17H,4-5,7-8H2,1H3,(H,14,16)/t10-,11?/m1/s1. The van der Waals surface area contributed by atoms with E-state index >= 15 is 0 Å². The number of β-amino-alcohol motifs (C(OH)–C–C–N with tert-alkyl or cyclic N) is 1. The summed E-state index contributed by atoms with van der Waals surface area (Å²) >= 11 is 1.52. The minimum absolute atomic E-state index is 0.0244. The molecule has 6 heteroatoms. The second-order valence-corrected chi connectivity index (χ2v) is 5.73. The van der Waals surface area contributed by atoms with E-state index < -0.39 is 6.10 Å². The molecule has 0 aromatic carbocycles. The maximum atomic E-state index is 12.1. The smallest absolute Gasteiger partial charge is 0.225 e. The van der Waals surface area contributed by atoms with Crippen molar-refractivity contribution in [3.8, 4) is 0 Å². The van der Waals surface area contributed by atoms with Gasteiger partial charge in [-0.15, -0.1) is 11.3 Å². The van der Waals surface area contributed by atoms with Crippen molar-refractivity contribution in [1.82, 2.24) is 10.2 Å². The predicted molar refractivity (Wildman–Crippen MR) is 72.7 cm³/mol. The lowest BCUT2D eigenvalue weighted by Gasteiger charge is -2.21. The van der Waals surface area contributed by atoms with Crippen molar-refractivity contribution in [1.29, 1.82) is 0 Å². The highest BCUT2D eigenvalue weighted by atomic mass is 32.1. The summed E-state index contributed by atoms with van der Waals surface area (Å²) in [6.45, 7) is 2.44. The van der Waals surface area contributed by atoms with E-state index in [4.69, 9.17) is 0 Å². The van der Waals surface area contributed by atoms with Crippen molar-refractivity contribution < 1.29 is 14.7 Å². The van der Waals surface area contributed by atoms with Gasteiger partial charge in [0.05, 0.1) is 18.6 Å². The number of likely N-dealkylation sites (tertiary alicyclic amines) is 1. The summed E-state index contributed by atoms with van der Waals surface area (Å²) in [5.41, 5.74) is 0. The van der Waals surface area contributed by atoms with Gasteiger partial charge in [-0.1, -0.05) is 6.07 Å². The number of carbonyl (C=O) groups excluding carboxylic acids is 2. The van der Waals surface area contributed by atoms with Crippen LogP contribution in [0.2, 0.25) is 0 Å². The van der Waals surface area contributed by atoms with Gasteiger partial charge in [0.2, 0.25) is 11.8 Å². The van der Waals surface area contributed by atoms with Crippen molar-refractivity contribution in [2.45, 2.75) is 31.9 Å². The van der Waals surface area contributed by atoms with Gasteiger partial charge in [-0.3, -0.25) is 9.59 Å². The number of nitrogens with one attached hydrogen (secondary N) is 1. The molecule has 1 aliphatic heterocycles. The predicted octanol–water partition coefficient (Wildman–Crippen LogP) is 0.909. The Morgan fingerprint density at radius 1 is 1.63 bits per heavy atom. The zero-order valence-corrected chi connectivity index (χ0v) is 11.7. The van der Waals surface area contributed by atoms with E-state index in [9.17, 15) is 14.7 Å². The van der Waals surface area contributed by atoms with Crippen molar-refractivity contribution in [2.24, 2.45) is 0 Å². The number of thiophene rings is 1. The van der Waals surface area contributed by atoms with Crippen molar-refractivity contribution in [2.75, 3.05) is 13.1 Å². The molecule has 2 rings (SSSR count). The summed E-state index contributed by atoms with van der Waals surface area (Å²) in [6, 6.07) is 3.54. The number of rotatable bonds is 4. The summed E-state index contributed by atoms with van der Waals surface area (Å²) in [7, 11) is 0. The molecule has 1 unspecified atom stereocenters. The highest BCUT2D eigenvalue weighted by Crippen LogP contribution is 2.23. The van der Waals surface area contributed by atoms with Gasteiger partial charge in [-0.2, -0.15) is 0 Å². The van der Waals surface area contributed by atoms with Crippen LogP contribution in [0.25, 0.3) is 0 Å². The number of aliphatic hydroxyl groups is 1. The molecule has 2 N–H and O–H groups in total. The van der Waals surface area contributed by atoms with E-state index in [1.54, 1.807) is 4.90 Å². The molecule has 0 bridgehead atoms. The minimum Gasteiger partial charge on any atom is -0.391 e.